The first-order valence-electron chi connectivity index (χ1n) is 6.19. The lowest BCUT2D eigenvalue weighted by Gasteiger charge is -2.13. The molecule has 0 atom stereocenters. The van der Waals surface area contributed by atoms with E-state index in [4.69, 9.17) is 0 Å². The third kappa shape index (κ3) is 4.89. The van der Waals surface area contributed by atoms with Crippen molar-refractivity contribution in [2.45, 2.75) is 18.1 Å². The Bertz CT molecular complexity index is 593. The van der Waals surface area contributed by atoms with Crippen LogP contribution < -0.4 is 10.1 Å². The maximum Gasteiger partial charge on any atom is 0.387 e. The highest BCUT2D eigenvalue weighted by molar-refractivity contribution is 9.10. The van der Waals surface area contributed by atoms with E-state index in [0.717, 1.165) is 10.2 Å². The van der Waals surface area contributed by atoms with Crippen LogP contribution in [0.5, 0.6) is 5.75 Å². The average molecular weight is 374 g/mol. The van der Waals surface area contributed by atoms with Gasteiger partial charge in [-0.1, -0.05) is 15.9 Å². The van der Waals surface area contributed by atoms with E-state index >= 15 is 0 Å². The second kappa shape index (κ2) is 7.66. The normalized spacial score (nSPS) is 10.7. The van der Waals surface area contributed by atoms with Gasteiger partial charge >= 0.3 is 6.61 Å². The fourth-order valence-corrected chi connectivity index (χ4v) is 2.62. The summed E-state index contributed by atoms with van der Waals surface area (Å²) >= 11 is 5.00. The lowest BCUT2D eigenvalue weighted by molar-refractivity contribution is -0.0504. The Kier molecular flexibility index (Phi) is 5.87. The average Bonchev–Trinajstić information content (AvgIpc) is 2.47. The van der Waals surface area contributed by atoms with Crippen LogP contribution in [0.1, 0.15) is 5.56 Å². The molecule has 2 aromatic carbocycles. The quantitative estimate of drug-likeness (QED) is 0.686. The van der Waals surface area contributed by atoms with E-state index < -0.39 is 6.61 Å². The number of nitrogens with one attached hydrogen (secondary N) is 1. The number of hydrogen-bond acceptors (Lipinski definition) is 3. The van der Waals surface area contributed by atoms with E-state index in [0.29, 0.717) is 12.1 Å². The molecule has 0 amide bonds. The number of rotatable bonds is 6. The Morgan fingerprint density at radius 2 is 1.90 bits per heavy atom. The first kappa shape index (κ1) is 16.1. The molecule has 2 nitrogen and oxygen atoms in total. The Labute approximate surface area is 135 Å². The number of anilines is 1. The van der Waals surface area contributed by atoms with Crippen LogP contribution in [0, 0.1) is 0 Å². The summed E-state index contributed by atoms with van der Waals surface area (Å²) in [5.74, 6) is 0.182. The summed E-state index contributed by atoms with van der Waals surface area (Å²) in [6, 6.07) is 12.9. The minimum Gasteiger partial charge on any atom is -0.434 e. The van der Waals surface area contributed by atoms with Crippen LogP contribution in [-0.2, 0) is 6.54 Å². The van der Waals surface area contributed by atoms with Crippen LogP contribution in [0.2, 0.25) is 0 Å². The zero-order valence-corrected chi connectivity index (χ0v) is 13.7. The Balaban J connectivity index is 2.08. The molecule has 112 valence electrons. The van der Waals surface area contributed by atoms with Crippen molar-refractivity contribution in [2.24, 2.45) is 0 Å². The summed E-state index contributed by atoms with van der Waals surface area (Å²) in [4.78, 5) is 1.17. The topological polar surface area (TPSA) is 21.3 Å². The van der Waals surface area contributed by atoms with E-state index in [9.17, 15) is 8.78 Å². The zero-order chi connectivity index (χ0) is 15.2. The number of benzene rings is 2. The molecule has 0 bridgehead atoms. The molecule has 0 spiro atoms. The summed E-state index contributed by atoms with van der Waals surface area (Å²) < 4.78 is 30.1. The molecule has 21 heavy (non-hydrogen) atoms. The summed E-state index contributed by atoms with van der Waals surface area (Å²) in [6.07, 6.45) is 2.01. The minimum atomic E-state index is -2.83. The van der Waals surface area contributed by atoms with Crippen LogP contribution in [-0.4, -0.2) is 12.9 Å². The predicted molar refractivity (Wildman–Crippen MR) is 86.3 cm³/mol. The molecule has 0 aliphatic rings. The van der Waals surface area contributed by atoms with Crippen LogP contribution in [0.15, 0.2) is 51.8 Å². The van der Waals surface area contributed by atoms with E-state index in [2.05, 4.69) is 26.0 Å². The van der Waals surface area contributed by atoms with Crippen LogP contribution in [0.3, 0.4) is 0 Å². The molecular weight excluding hydrogens is 360 g/mol. The standard InChI is InChI=1S/C15H14BrF2NOS/c1-21-13-5-3-12(4-6-13)19-9-10-8-11(16)2-7-14(10)20-15(17)18/h2-8,15,19H,9H2,1H3. The zero-order valence-electron chi connectivity index (χ0n) is 11.3. The van der Waals surface area contributed by atoms with Crippen molar-refractivity contribution in [1.82, 2.24) is 0 Å². The molecule has 1 N–H and O–H groups in total. The smallest absolute Gasteiger partial charge is 0.387 e. The maximum atomic E-state index is 12.4. The first-order valence-corrected chi connectivity index (χ1v) is 8.21. The minimum absolute atomic E-state index is 0.182. The highest BCUT2D eigenvalue weighted by Gasteiger charge is 2.10. The molecule has 2 rings (SSSR count). The fraction of sp³-hybridized carbons (Fsp3) is 0.200. The van der Waals surface area contributed by atoms with Gasteiger partial charge in [0.1, 0.15) is 5.75 Å². The van der Waals surface area contributed by atoms with Gasteiger partial charge in [0.25, 0.3) is 0 Å². The number of thioether (sulfide) groups is 1. The van der Waals surface area contributed by atoms with Gasteiger partial charge in [-0.05, 0) is 48.7 Å². The number of hydrogen-bond donors (Lipinski definition) is 1. The first-order chi connectivity index (χ1) is 10.1. The molecule has 0 heterocycles. The van der Waals surface area contributed by atoms with Gasteiger partial charge in [0, 0.05) is 27.2 Å². The summed E-state index contributed by atoms with van der Waals surface area (Å²) in [6.45, 7) is -2.43. The van der Waals surface area contributed by atoms with Crippen molar-refractivity contribution in [2.75, 3.05) is 11.6 Å². The molecule has 0 saturated heterocycles. The lowest BCUT2D eigenvalue weighted by atomic mass is 10.2. The molecule has 6 heteroatoms. The van der Waals surface area contributed by atoms with E-state index in [1.807, 2.05) is 30.5 Å². The van der Waals surface area contributed by atoms with E-state index in [-0.39, 0.29) is 5.75 Å². The summed E-state index contributed by atoms with van der Waals surface area (Å²) in [5.41, 5.74) is 1.59. The SMILES string of the molecule is CSc1ccc(NCc2cc(Br)ccc2OC(F)F)cc1. The van der Waals surface area contributed by atoms with Crippen molar-refractivity contribution >= 4 is 33.4 Å². The summed E-state index contributed by atoms with van der Waals surface area (Å²) in [5, 5.41) is 3.20. The van der Waals surface area contributed by atoms with Gasteiger partial charge in [-0.3, -0.25) is 0 Å². The highest BCUT2D eigenvalue weighted by atomic mass is 79.9. The predicted octanol–water partition coefficient (Wildman–Crippen LogP) is 5.38. The van der Waals surface area contributed by atoms with Crippen LogP contribution in [0.25, 0.3) is 0 Å². The van der Waals surface area contributed by atoms with Crippen molar-refractivity contribution in [1.29, 1.82) is 0 Å². The van der Waals surface area contributed by atoms with Crippen molar-refractivity contribution in [3.63, 3.8) is 0 Å². The van der Waals surface area contributed by atoms with Crippen molar-refractivity contribution < 1.29 is 13.5 Å². The molecular formula is C15H14BrF2NOS. The molecule has 0 aliphatic carbocycles. The second-order valence-electron chi connectivity index (χ2n) is 4.21. The lowest BCUT2D eigenvalue weighted by Crippen LogP contribution is -2.07. The van der Waals surface area contributed by atoms with E-state index in [1.54, 1.807) is 23.9 Å². The van der Waals surface area contributed by atoms with Gasteiger partial charge in [0.05, 0.1) is 0 Å². The van der Waals surface area contributed by atoms with Crippen LogP contribution >= 0.6 is 27.7 Å². The Hall–Kier alpha value is -1.27. The van der Waals surface area contributed by atoms with Gasteiger partial charge < -0.3 is 10.1 Å². The largest absolute Gasteiger partial charge is 0.434 e. The molecule has 0 saturated carbocycles. The molecule has 2 aromatic rings. The van der Waals surface area contributed by atoms with Crippen molar-refractivity contribution in [3.8, 4) is 5.75 Å². The van der Waals surface area contributed by atoms with Crippen molar-refractivity contribution in [3.05, 3.63) is 52.5 Å². The Morgan fingerprint density at radius 1 is 1.19 bits per heavy atom. The molecule has 0 fully saturated rings. The van der Waals surface area contributed by atoms with Gasteiger partial charge in [-0.2, -0.15) is 8.78 Å². The number of alkyl halides is 2. The molecule has 0 radical (unpaired) electrons. The fourth-order valence-electron chi connectivity index (χ4n) is 1.80. The summed E-state index contributed by atoms with van der Waals surface area (Å²) in [7, 11) is 0. The van der Waals surface area contributed by atoms with Gasteiger partial charge in [0.15, 0.2) is 0 Å². The monoisotopic (exact) mass is 373 g/mol. The Morgan fingerprint density at radius 3 is 2.52 bits per heavy atom. The third-order valence-corrected chi connectivity index (χ3v) is 4.05. The van der Waals surface area contributed by atoms with Gasteiger partial charge in [-0.15, -0.1) is 11.8 Å². The van der Waals surface area contributed by atoms with Gasteiger partial charge in [-0.25, -0.2) is 0 Å². The maximum absolute atomic E-state index is 12.4. The molecule has 0 unspecified atom stereocenters. The number of halogens is 3. The third-order valence-electron chi connectivity index (χ3n) is 2.81. The second-order valence-corrected chi connectivity index (χ2v) is 6.01. The molecule has 0 aliphatic heterocycles. The van der Waals surface area contributed by atoms with Crippen LogP contribution in [0.4, 0.5) is 14.5 Å². The van der Waals surface area contributed by atoms with E-state index in [1.165, 1.54) is 11.0 Å². The van der Waals surface area contributed by atoms with Gasteiger partial charge in [0.2, 0.25) is 0 Å². The number of ether oxygens (including phenoxy) is 1. The molecule has 0 aromatic heterocycles. The highest BCUT2D eigenvalue weighted by Crippen LogP contribution is 2.26.